The van der Waals surface area contributed by atoms with Crippen LogP contribution < -0.4 is 0 Å². The van der Waals surface area contributed by atoms with Crippen LogP contribution in [0.1, 0.15) is 48.3 Å². The average molecular weight is 443 g/mol. The summed E-state index contributed by atoms with van der Waals surface area (Å²) in [7, 11) is -3.82. The van der Waals surface area contributed by atoms with Gasteiger partial charge in [-0.15, -0.1) is 0 Å². The summed E-state index contributed by atoms with van der Waals surface area (Å²) in [5, 5.41) is 0. The molecule has 162 valence electrons. The van der Waals surface area contributed by atoms with Crippen molar-refractivity contribution in [2.75, 3.05) is 0 Å². The highest BCUT2D eigenvalue weighted by molar-refractivity contribution is 7.89. The van der Waals surface area contributed by atoms with E-state index in [4.69, 9.17) is 0 Å². The molecule has 2 heterocycles. The Kier molecular flexibility index (Phi) is 5.03. The van der Waals surface area contributed by atoms with Gasteiger partial charge in [0, 0.05) is 11.9 Å². The predicted octanol–water partition coefficient (Wildman–Crippen LogP) is 6.02. The van der Waals surface area contributed by atoms with E-state index in [2.05, 4.69) is 17.9 Å². The van der Waals surface area contributed by atoms with Gasteiger partial charge in [-0.25, -0.2) is 8.42 Å². The summed E-state index contributed by atoms with van der Waals surface area (Å²) in [6.45, 7) is 6.08. The van der Waals surface area contributed by atoms with Crippen molar-refractivity contribution in [3.05, 3.63) is 119 Å². The fourth-order valence-corrected chi connectivity index (χ4v) is 6.47. The lowest BCUT2D eigenvalue weighted by Gasteiger charge is -2.49. The molecule has 0 saturated heterocycles. The van der Waals surface area contributed by atoms with E-state index in [-0.39, 0.29) is 0 Å². The highest BCUT2D eigenvalue weighted by Gasteiger charge is 2.47. The van der Waals surface area contributed by atoms with Gasteiger partial charge in [-0.05, 0) is 61.2 Å². The van der Waals surface area contributed by atoms with Crippen LogP contribution in [0.2, 0.25) is 0 Å². The highest BCUT2D eigenvalue weighted by atomic mass is 32.2. The van der Waals surface area contributed by atoms with Crippen LogP contribution in [0.15, 0.2) is 101 Å². The molecule has 0 aromatic heterocycles. The van der Waals surface area contributed by atoms with Crippen molar-refractivity contribution >= 4 is 16.1 Å². The van der Waals surface area contributed by atoms with E-state index in [0.717, 1.165) is 33.5 Å². The Morgan fingerprint density at radius 1 is 0.781 bits per heavy atom. The van der Waals surface area contributed by atoms with Crippen LogP contribution in [0.5, 0.6) is 0 Å². The molecule has 0 N–H and O–H groups in total. The van der Waals surface area contributed by atoms with E-state index >= 15 is 0 Å². The summed E-state index contributed by atoms with van der Waals surface area (Å²) >= 11 is 0. The minimum atomic E-state index is -3.82. The number of fused-ring (bicyclic) bond motifs is 3. The summed E-state index contributed by atoms with van der Waals surface area (Å²) < 4.78 is 30.2. The summed E-state index contributed by atoms with van der Waals surface area (Å²) in [4.78, 5) is 2.39. The van der Waals surface area contributed by atoms with Gasteiger partial charge >= 0.3 is 0 Å². The zero-order valence-electron chi connectivity index (χ0n) is 18.4. The van der Waals surface area contributed by atoms with Gasteiger partial charge in [0.1, 0.15) is 6.17 Å². The lowest BCUT2D eigenvalue weighted by atomic mass is 9.91. The van der Waals surface area contributed by atoms with Crippen molar-refractivity contribution in [1.82, 2.24) is 9.21 Å². The van der Waals surface area contributed by atoms with Crippen LogP contribution in [0.25, 0.3) is 6.08 Å². The number of aryl methyl sites for hydroxylation is 1. The number of allylic oxidation sites excluding steroid dienone is 1. The van der Waals surface area contributed by atoms with E-state index in [1.165, 1.54) is 0 Å². The third-order valence-electron chi connectivity index (χ3n) is 6.53. The first kappa shape index (κ1) is 20.7. The molecule has 0 saturated carbocycles. The maximum Gasteiger partial charge on any atom is 0.245 e. The number of hydrogen-bond donors (Lipinski definition) is 0. The van der Waals surface area contributed by atoms with Crippen molar-refractivity contribution in [3.8, 4) is 0 Å². The van der Waals surface area contributed by atoms with Gasteiger partial charge in [0.05, 0.1) is 10.9 Å². The maximum atomic E-state index is 14.3. The molecular weight excluding hydrogens is 416 g/mol. The number of sulfonamides is 1. The molecule has 5 rings (SSSR count). The maximum absolute atomic E-state index is 14.3. The van der Waals surface area contributed by atoms with Gasteiger partial charge in [-0.1, -0.05) is 72.3 Å². The largest absolute Gasteiger partial charge is 0.331 e. The Morgan fingerprint density at radius 2 is 1.44 bits per heavy atom. The fourth-order valence-electron chi connectivity index (χ4n) is 4.71. The molecule has 0 spiro atoms. The van der Waals surface area contributed by atoms with E-state index < -0.39 is 22.2 Å². The third kappa shape index (κ3) is 3.20. The molecule has 0 bridgehead atoms. The summed E-state index contributed by atoms with van der Waals surface area (Å²) in [5.41, 5.74) is 6.11. The first-order valence-electron chi connectivity index (χ1n) is 10.8. The molecule has 2 aliphatic rings. The zero-order valence-corrected chi connectivity index (χ0v) is 19.3. The monoisotopic (exact) mass is 442 g/mol. The first-order chi connectivity index (χ1) is 15.4. The summed E-state index contributed by atoms with van der Waals surface area (Å²) in [6.07, 6.45) is 3.60. The van der Waals surface area contributed by atoms with Gasteiger partial charge in [0.25, 0.3) is 0 Å². The molecular formula is C27H26N2O2S. The number of hydrogen-bond acceptors (Lipinski definition) is 3. The molecule has 32 heavy (non-hydrogen) atoms. The van der Waals surface area contributed by atoms with E-state index in [1.54, 1.807) is 16.4 Å². The second-order valence-electron chi connectivity index (χ2n) is 8.46. The Morgan fingerprint density at radius 3 is 2.16 bits per heavy atom. The molecule has 4 nitrogen and oxygen atoms in total. The first-order valence-corrected chi connectivity index (χ1v) is 12.2. The molecule has 3 aromatic carbocycles. The van der Waals surface area contributed by atoms with Crippen LogP contribution in [-0.2, 0) is 10.0 Å². The average Bonchev–Trinajstić information content (AvgIpc) is 2.81. The Balaban J connectivity index is 1.80. The Bertz CT molecular complexity index is 1330. The van der Waals surface area contributed by atoms with Crippen LogP contribution in [-0.4, -0.2) is 17.6 Å². The lowest BCUT2D eigenvalue weighted by molar-refractivity contribution is 0.126. The van der Waals surface area contributed by atoms with Crippen LogP contribution in [0.3, 0.4) is 0 Å². The molecule has 5 heteroatoms. The Labute approximate surface area is 190 Å². The molecule has 2 atom stereocenters. The Hall–Kier alpha value is -3.15. The van der Waals surface area contributed by atoms with Gasteiger partial charge < -0.3 is 4.90 Å². The molecule has 0 unspecified atom stereocenters. The topological polar surface area (TPSA) is 40.6 Å². The van der Waals surface area contributed by atoms with Gasteiger partial charge in [-0.3, -0.25) is 0 Å². The van der Waals surface area contributed by atoms with Crippen molar-refractivity contribution in [3.63, 3.8) is 0 Å². The smallest absolute Gasteiger partial charge is 0.245 e. The quantitative estimate of drug-likeness (QED) is 0.498. The van der Waals surface area contributed by atoms with Crippen LogP contribution in [0, 0.1) is 6.92 Å². The zero-order chi connectivity index (χ0) is 22.5. The number of nitrogens with zero attached hydrogens (tertiary/aromatic N) is 2. The van der Waals surface area contributed by atoms with Crippen molar-refractivity contribution in [2.24, 2.45) is 0 Å². The molecule has 0 radical (unpaired) electrons. The van der Waals surface area contributed by atoms with E-state index in [0.29, 0.717) is 4.90 Å². The van der Waals surface area contributed by atoms with Crippen molar-refractivity contribution in [2.45, 2.75) is 37.9 Å². The molecule has 3 aromatic rings. The number of benzene rings is 3. The summed E-state index contributed by atoms with van der Waals surface area (Å²) in [5.74, 6) is 0. The van der Waals surface area contributed by atoms with Crippen molar-refractivity contribution in [1.29, 1.82) is 0 Å². The van der Waals surface area contributed by atoms with Gasteiger partial charge in [0.15, 0.2) is 0 Å². The second kappa shape index (κ2) is 7.76. The van der Waals surface area contributed by atoms with Gasteiger partial charge in [-0.2, -0.15) is 4.31 Å². The van der Waals surface area contributed by atoms with E-state index in [1.807, 2.05) is 86.8 Å². The minimum absolute atomic E-state index is 0.309. The van der Waals surface area contributed by atoms with Crippen LogP contribution in [0.4, 0.5) is 0 Å². The molecule has 0 amide bonds. The number of rotatable bonds is 3. The predicted molar refractivity (Wildman–Crippen MR) is 128 cm³/mol. The SMILES string of the molecule is CC1=C(C)N2C=Cc3ccccc3[C@@H]2N(S(=O)(=O)c2ccc(C)cc2)[C@@H]1c1ccccc1. The standard InChI is InChI=1S/C27H26N2O2S/c1-19-13-15-24(16-14-19)32(30,31)29-26(23-10-5-4-6-11-23)20(2)21(3)28-18-17-22-9-7-8-12-25(22)27(28)29/h4-18,26-27H,1-3H3/t26-,27-/m0/s1. The normalized spacial score (nSPS) is 20.8. The van der Waals surface area contributed by atoms with Crippen LogP contribution >= 0.6 is 0 Å². The highest BCUT2D eigenvalue weighted by Crippen LogP contribution is 2.50. The molecule has 0 fully saturated rings. The fraction of sp³-hybridized carbons (Fsp3) is 0.185. The second-order valence-corrected chi connectivity index (χ2v) is 10.3. The minimum Gasteiger partial charge on any atom is -0.331 e. The molecule has 0 aliphatic carbocycles. The summed E-state index contributed by atoms with van der Waals surface area (Å²) in [6, 6.07) is 24.7. The van der Waals surface area contributed by atoms with E-state index in [9.17, 15) is 8.42 Å². The lowest BCUT2D eigenvalue weighted by Crippen LogP contribution is -2.49. The van der Waals surface area contributed by atoms with Crippen molar-refractivity contribution < 1.29 is 8.42 Å². The molecule has 2 aliphatic heterocycles. The third-order valence-corrected chi connectivity index (χ3v) is 8.36. The van der Waals surface area contributed by atoms with Gasteiger partial charge in [0.2, 0.25) is 10.0 Å².